The molecule has 1 fully saturated rings. The molecule has 8 heteroatoms. The van der Waals surface area contributed by atoms with E-state index in [0.717, 1.165) is 5.56 Å². The maximum atomic E-state index is 12.7. The van der Waals surface area contributed by atoms with Crippen LogP contribution in [0.3, 0.4) is 0 Å². The van der Waals surface area contributed by atoms with Crippen LogP contribution in [0.25, 0.3) is 6.08 Å². The number of carboxylic acids is 1. The van der Waals surface area contributed by atoms with Crippen molar-refractivity contribution in [3.8, 4) is 0 Å². The molecule has 1 aliphatic rings. The summed E-state index contributed by atoms with van der Waals surface area (Å²) in [5, 5.41) is 17.3. The fraction of sp³-hybridized carbons (Fsp3) is 0.455. The summed E-state index contributed by atoms with van der Waals surface area (Å²) in [6.45, 7) is 4.32. The maximum absolute atomic E-state index is 12.7. The highest BCUT2D eigenvalue weighted by atomic mass is 16.4. The highest BCUT2D eigenvalue weighted by molar-refractivity contribution is 5.96. The van der Waals surface area contributed by atoms with E-state index in [9.17, 15) is 24.3 Å². The Kier molecular flexibility index (Phi) is 8.58. The Morgan fingerprint density at radius 2 is 1.87 bits per heavy atom. The van der Waals surface area contributed by atoms with Gasteiger partial charge in [0.2, 0.25) is 17.7 Å². The second-order valence-electron chi connectivity index (χ2n) is 7.85. The number of aliphatic carboxylic acids is 1. The quantitative estimate of drug-likeness (QED) is 0.429. The van der Waals surface area contributed by atoms with Crippen LogP contribution in [0.1, 0.15) is 38.7 Å². The van der Waals surface area contributed by atoms with Gasteiger partial charge < -0.3 is 21.1 Å². The summed E-state index contributed by atoms with van der Waals surface area (Å²) in [6.07, 6.45) is 3.89. The van der Waals surface area contributed by atoms with E-state index in [1.807, 2.05) is 44.2 Å². The third-order valence-electron chi connectivity index (χ3n) is 4.86. The van der Waals surface area contributed by atoms with Gasteiger partial charge >= 0.3 is 5.97 Å². The molecule has 2 unspecified atom stereocenters. The lowest BCUT2D eigenvalue weighted by molar-refractivity contribution is -0.143. The Bertz CT molecular complexity index is 791. The molecule has 30 heavy (non-hydrogen) atoms. The van der Waals surface area contributed by atoms with E-state index in [1.165, 1.54) is 6.08 Å². The van der Waals surface area contributed by atoms with Crippen molar-refractivity contribution in [2.45, 2.75) is 45.2 Å². The molecule has 0 spiro atoms. The number of rotatable bonds is 10. The van der Waals surface area contributed by atoms with Crippen molar-refractivity contribution in [1.82, 2.24) is 16.0 Å². The average Bonchev–Trinajstić information content (AvgIpc) is 3.10. The summed E-state index contributed by atoms with van der Waals surface area (Å²) in [5.41, 5.74) is 0.846. The molecular weight excluding hydrogens is 386 g/mol. The normalized spacial score (nSPS) is 18.1. The van der Waals surface area contributed by atoms with Gasteiger partial charge in [-0.05, 0) is 36.8 Å². The molecule has 1 aromatic carbocycles. The topological polar surface area (TPSA) is 125 Å². The van der Waals surface area contributed by atoms with Crippen molar-refractivity contribution < 1.29 is 24.3 Å². The first-order valence-corrected chi connectivity index (χ1v) is 10.1. The Balaban J connectivity index is 2.01. The molecule has 0 aliphatic carbocycles. The standard InChI is InChI=1S/C22H29N3O5/c1-14(2)12-17(24-19(26)9-8-15-6-4-3-5-7-15)21(28)25-18(22(29)30)13-16-10-11-23-20(16)27/h3-9,14,16-18H,10-13H2,1-2H3,(H,23,27)(H,24,26)(H,25,28)(H,29,30)/b9-8+/t16-,17?,18?/m0/s1. The third-order valence-corrected chi connectivity index (χ3v) is 4.86. The van der Waals surface area contributed by atoms with Crippen LogP contribution in [0.5, 0.6) is 0 Å². The summed E-state index contributed by atoms with van der Waals surface area (Å²) >= 11 is 0. The van der Waals surface area contributed by atoms with Crippen molar-refractivity contribution in [3.05, 3.63) is 42.0 Å². The van der Waals surface area contributed by atoms with Crippen molar-refractivity contribution in [2.24, 2.45) is 11.8 Å². The van der Waals surface area contributed by atoms with Gasteiger partial charge in [-0.2, -0.15) is 0 Å². The Morgan fingerprint density at radius 3 is 2.43 bits per heavy atom. The Morgan fingerprint density at radius 1 is 1.17 bits per heavy atom. The molecule has 1 heterocycles. The zero-order chi connectivity index (χ0) is 22.1. The highest BCUT2D eigenvalue weighted by Crippen LogP contribution is 2.17. The fourth-order valence-corrected chi connectivity index (χ4v) is 3.31. The van der Waals surface area contributed by atoms with Gasteiger partial charge in [0, 0.05) is 18.5 Å². The molecule has 0 bridgehead atoms. The SMILES string of the molecule is CC(C)CC(NC(=O)/C=C/c1ccccc1)C(=O)NC(C[C@@H]1CCNC1=O)C(=O)O. The van der Waals surface area contributed by atoms with E-state index in [1.54, 1.807) is 6.08 Å². The van der Waals surface area contributed by atoms with Gasteiger partial charge in [-0.1, -0.05) is 44.2 Å². The number of carbonyl (C=O) groups is 4. The summed E-state index contributed by atoms with van der Waals surface area (Å²) in [7, 11) is 0. The van der Waals surface area contributed by atoms with Gasteiger partial charge in [-0.3, -0.25) is 14.4 Å². The second-order valence-corrected chi connectivity index (χ2v) is 7.85. The largest absolute Gasteiger partial charge is 0.480 e. The molecule has 1 aliphatic heterocycles. The van der Waals surface area contributed by atoms with Crippen LogP contribution in [0.4, 0.5) is 0 Å². The van der Waals surface area contributed by atoms with Gasteiger partial charge in [0.15, 0.2) is 0 Å². The molecule has 3 amide bonds. The maximum Gasteiger partial charge on any atom is 0.326 e. The molecule has 2 rings (SSSR count). The smallest absolute Gasteiger partial charge is 0.326 e. The zero-order valence-corrected chi connectivity index (χ0v) is 17.3. The van der Waals surface area contributed by atoms with E-state index in [2.05, 4.69) is 16.0 Å². The van der Waals surface area contributed by atoms with E-state index in [-0.39, 0.29) is 18.2 Å². The lowest BCUT2D eigenvalue weighted by Gasteiger charge is -2.23. The van der Waals surface area contributed by atoms with Gasteiger partial charge in [0.05, 0.1) is 0 Å². The van der Waals surface area contributed by atoms with Crippen molar-refractivity contribution in [3.63, 3.8) is 0 Å². The minimum Gasteiger partial charge on any atom is -0.480 e. The fourth-order valence-electron chi connectivity index (χ4n) is 3.31. The summed E-state index contributed by atoms with van der Waals surface area (Å²) in [6, 6.07) is 7.19. The third kappa shape index (κ3) is 7.35. The van der Waals surface area contributed by atoms with Crippen molar-refractivity contribution >= 4 is 29.8 Å². The lowest BCUT2D eigenvalue weighted by Crippen LogP contribution is -2.52. The number of carbonyl (C=O) groups excluding carboxylic acids is 3. The van der Waals surface area contributed by atoms with Crippen LogP contribution in [0, 0.1) is 11.8 Å². The van der Waals surface area contributed by atoms with Crippen LogP contribution in [0.2, 0.25) is 0 Å². The minimum absolute atomic E-state index is 0.0170. The molecule has 4 N–H and O–H groups in total. The zero-order valence-electron chi connectivity index (χ0n) is 17.3. The first-order valence-electron chi connectivity index (χ1n) is 10.1. The first kappa shape index (κ1) is 23.1. The van der Waals surface area contributed by atoms with Crippen LogP contribution < -0.4 is 16.0 Å². The molecule has 1 saturated heterocycles. The summed E-state index contributed by atoms with van der Waals surface area (Å²) < 4.78 is 0. The van der Waals surface area contributed by atoms with Crippen LogP contribution >= 0.6 is 0 Å². The number of benzene rings is 1. The minimum atomic E-state index is -1.21. The number of carboxylic acid groups (broad SMARTS) is 1. The molecule has 3 atom stereocenters. The predicted octanol–water partition coefficient (Wildman–Crippen LogP) is 1.33. The van der Waals surface area contributed by atoms with Gasteiger partial charge in [-0.15, -0.1) is 0 Å². The molecule has 0 aromatic heterocycles. The van der Waals surface area contributed by atoms with E-state index in [0.29, 0.717) is 19.4 Å². The number of amides is 3. The molecule has 0 radical (unpaired) electrons. The average molecular weight is 415 g/mol. The van der Waals surface area contributed by atoms with E-state index in [4.69, 9.17) is 0 Å². The van der Waals surface area contributed by atoms with Crippen LogP contribution in [-0.2, 0) is 19.2 Å². The van der Waals surface area contributed by atoms with Gasteiger partial charge in [0.25, 0.3) is 0 Å². The van der Waals surface area contributed by atoms with Gasteiger partial charge in [-0.25, -0.2) is 4.79 Å². The van der Waals surface area contributed by atoms with E-state index < -0.39 is 35.8 Å². The molecular formula is C22H29N3O5. The number of nitrogens with one attached hydrogen (secondary N) is 3. The summed E-state index contributed by atoms with van der Waals surface area (Å²) in [5.74, 6) is -2.77. The first-order chi connectivity index (χ1) is 14.3. The molecule has 1 aromatic rings. The Hall–Kier alpha value is -3.16. The van der Waals surface area contributed by atoms with Crippen LogP contribution in [0.15, 0.2) is 36.4 Å². The number of hydrogen-bond acceptors (Lipinski definition) is 4. The molecule has 8 nitrogen and oxygen atoms in total. The molecule has 0 saturated carbocycles. The lowest BCUT2D eigenvalue weighted by atomic mass is 9.97. The summed E-state index contributed by atoms with van der Waals surface area (Å²) in [4.78, 5) is 48.4. The van der Waals surface area contributed by atoms with Gasteiger partial charge in [0.1, 0.15) is 12.1 Å². The predicted molar refractivity (Wildman–Crippen MR) is 112 cm³/mol. The van der Waals surface area contributed by atoms with Crippen LogP contribution in [-0.4, -0.2) is 47.4 Å². The Labute approximate surface area is 176 Å². The highest BCUT2D eigenvalue weighted by Gasteiger charge is 2.33. The van der Waals surface area contributed by atoms with Crippen molar-refractivity contribution in [1.29, 1.82) is 0 Å². The monoisotopic (exact) mass is 415 g/mol. The number of hydrogen-bond donors (Lipinski definition) is 4. The molecule has 162 valence electrons. The second kappa shape index (κ2) is 11.1. The van der Waals surface area contributed by atoms with Crippen molar-refractivity contribution in [2.75, 3.05) is 6.54 Å². The van der Waals surface area contributed by atoms with E-state index >= 15 is 0 Å².